The highest BCUT2D eigenvalue weighted by atomic mass is 32.2. The third kappa shape index (κ3) is 6.15. The van der Waals surface area contributed by atoms with E-state index < -0.39 is 0 Å². The predicted octanol–water partition coefficient (Wildman–Crippen LogP) is 1.83. The van der Waals surface area contributed by atoms with Gasteiger partial charge < -0.3 is 20.3 Å². The summed E-state index contributed by atoms with van der Waals surface area (Å²) in [7, 11) is 7.65. The molecule has 1 atom stereocenters. The van der Waals surface area contributed by atoms with Crippen LogP contribution in [-0.2, 0) is 0 Å². The molecule has 0 saturated heterocycles. The fourth-order valence-electron chi connectivity index (χ4n) is 2.13. The van der Waals surface area contributed by atoms with Gasteiger partial charge in [-0.3, -0.25) is 4.99 Å². The molecule has 0 radical (unpaired) electrons. The van der Waals surface area contributed by atoms with Crippen molar-refractivity contribution in [3.05, 3.63) is 29.8 Å². The zero-order chi connectivity index (χ0) is 16.4. The smallest absolute Gasteiger partial charge is 0.191 e. The first kappa shape index (κ1) is 18.6. The van der Waals surface area contributed by atoms with E-state index in [-0.39, 0.29) is 6.04 Å². The molecule has 0 aliphatic rings. The zero-order valence-corrected chi connectivity index (χ0v) is 15.0. The second-order valence-corrected chi connectivity index (χ2v) is 6.11. The largest absolute Gasteiger partial charge is 0.497 e. The molecule has 22 heavy (non-hydrogen) atoms. The van der Waals surface area contributed by atoms with Crippen LogP contribution in [0.5, 0.6) is 5.75 Å². The molecular weight excluding hydrogens is 296 g/mol. The van der Waals surface area contributed by atoms with Crippen molar-refractivity contribution < 1.29 is 4.74 Å². The van der Waals surface area contributed by atoms with E-state index in [1.54, 1.807) is 14.2 Å². The van der Waals surface area contributed by atoms with Crippen molar-refractivity contribution in [1.29, 1.82) is 0 Å². The molecule has 0 amide bonds. The molecule has 0 aliphatic carbocycles. The number of thioether (sulfide) groups is 1. The van der Waals surface area contributed by atoms with E-state index in [0.717, 1.165) is 30.6 Å². The average Bonchev–Trinajstić information content (AvgIpc) is 2.53. The summed E-state index contributed by atoms with van der Waals surface area (Å²) >= 11 is 1.82. The van der Waals surface area contributed by atoms with Gasteiger partial charge in [-0.25, -0.2) is 0 Å². The van der Waals surface area contributed by atoms with Gasteiger partial charge in [-0.1, -0.05) is 12.1 Å². The Bertz CT molecular complexity index is 465. The summed E-state index contributed by atoms with van der Waals surface area (Å²) in [5, 5.41) is 6.71. The van der Waals surface area contributed by atoms with Gasteiger partial charge in [0.05, 0.1) is 13.2 Å². The normalized spacial score (nSPS) is 13.1. The van der Waals surface area contributed by atoms with Crippen LogP contribution in [0.2, 0.25) is 0 Å². The molecule has 1 aromatic carbocycles. The average molecular weight is 324 g/mol. The number of methoxy groups -OCH3 is 1. The highest BCUT2D eigenvalue weighted by molar-refractivity contribution is 7.98. The second-order valence-electron chi connectivity index (χ2n) is 5.13. The topological polar surface area (TPSA) is 48.9 Å². The molecule has 0 aromatic heterocycles. The number of rotatable bonds is 8. The fourth-order valence-corrected chi connectivity index (χ4v) is 2.44. The van der Waals surface area contributed by atoms with Crippen molar-refractivity contribution in [2.45, 2.75) is 6.04 Å². The lowest BCUT2D eigenvalue weighted by Gasteiger charge is -2.26. The van der Waals surface area contributed by atoms with Gasteiger partial charge in [0, 0.05) is 25.9 Å². The van der Waals surface area contributed by atoms with Crippen molar-refractivity contribution in [1.82, 2.24) is 15.5 Å². The van der Waals surface area contributed by atoms with E-state index >= 15 is 0 Å². The number of hydrogen-bond acceptors (Lipinski definition) is 4. The molecule has 1 rings (SSSR count). The molecular formula is C16H28N4OS. The number of ether oxygens (including phenoxy) is 1. The van der Waals surface area contributed by atoms with Crippen LogP contribution in [0, 0.1) is 0 Å². The fraction of sp³-hybridized carbons (Fsp3) is 0.562. The Morgan fingerprint density at radius 3 is 2.73 bits per heavy atom. The SMILES string of the molecule is CN=C(NCCSC)NCC(c1cccc(OC)c1)N(C)C. The Kier molecular flexibility index (Phi) is 8.77. The first-order valence-corrected chi connectivity index (χ1v) is 8.75. The minimum absolute atomic E-state index is 0.245. The van der Waals surface area contributed by atoms with E-state index in [2.05, 4.69) is 53.0 Å². The molecule has 2 N–H and O–H groups in total. The summed E-state index contributed by atoms with van der Waals surface area (Å²) in [6.07, 6.45) is 2.10. The highest BCUT2D eigenvalue weighted by Crippen LogP contribution is 2.21. The molecule has 1 unspecified atom stereocenters. The summed E-state index contributed by atoms with van der Waals surface area (Å²) in [6.45, 7) is 1.69. The Balaban J connectivity index is 2.67. The predicted molar refractivity (Wildman–Crippen MR) is 97.2 cm³/mol. The van der Waals surface area contributed by atoms with Crippen LogP contribution in [-0.4, -0.2) is 64.2 Å². The van der Waals surface area contributed by atoms with Crippen molar-refractivity contribution in [3.63, 3.8) is 0 Å². The third-order valence-corrected chi connectivity index (χ3v) is 4.00. The van der Waals surface area contributed by atoms with Crippen LogP contribution < -0.4 is 15.4 Å². The van der Waals surface area contributed by atoms with Crippen molar-refractivity contribution in [3.8, 4) is 5.75 Å². The van der Waals surface area contributed by atoms with Crippen LogP contribution in [0.1, 0.15) is 11.6 Å². The van der Waals surface area contributed by atoms with Gasteiger partial charge in [0.2, 0.25) is 0 Å². The van der Waals surface area contributed by atoms with Gasteiger partial charge in [-0.2, -0.15) is 11.8 Å². The molecule has 1 aromatic rings. The molecule has 0 fully saturated rings. The number of hydrogen-bond donors (Lipinski definition) is 2. The maximum absolute atomic E-state index is 5.32. The Morgan fingerprint density at radius 1 is 1.36 bits per heavy atom. The summed E-state index contributed by atoms with van der Waals surface area (Å²) in [4.78, 5) is 6.45. The van der Waals surface area contributed by atoms with Gasteiger partial charge in [0.25, 0.3) is 0 Å². The van der Waals surface area contributed by atoms with Crippen molar-refractivity contribution >= 4 is 17.7 Å². The molecule has 0 aliphatic heterocycles. The standard InChI is InChI=1S/C16H28N4OS/c1-17-16(18-9-10-22-5)19-12-15(20(2)3)13-7-6-8-14(11-13)21-4/h6-8,11,15H,9-10,12H2,1-5H3,(H2,17,18,19). The van der Waals surface area contributed by atoms with Crippen LogP contribution >= 0.6 is 11.8 Å². The maximum atomic E-state index is 5.32. The number of nitrogens with one attached hydrogen (secondary N) is 2. The Morgan fingerprint density at radius 2 is 2.14 bits per heavy atom. The van der Waals surface area contributed by atoms with E-state index in [1.165, 1.54) is 5.56 Å². The van der Waals surface area contributed by atoms with E-state index in [1.807, 2.05) is 23.9 Å². The van der Waals surface area contributed by atoms with Crippen LogP contribution in [0.25, 0.3) is 0 Å². The van der Waals surface area contributed by atoms with E-state index in [4.69, 9.17) is 4.74 Å². The zero-order valence-electron chi connectivity index (χ0n) is 14.2. The summed E-state index contributed by atoms with van der Waals surface area (Å²) in [6, 6.07) is 8.44. The van der Waals surface area contributed by atoms with Gasteiger partial charge in [0.1, 0.15) is 5.75 Å². The molecule has 0 heterocycles. The number of aliphatic imine (C=N–C) groups is 1. The van der Waals surface area contributed by atoms with E-state index in [0.29, 0.717) is 0 Å². The summed E-state index contributed by atoms with van der Waals surface area (Å²) < 4.78 is 5.32. The van der Waals surface area contributed by atoms with Gasteiger partial charge in [0.15, 0.2) is 5.96 Å². The minimum atomic E-state index is 0.245. The van der Waals surface area contributed by atoms with E-state index in [9.17, 15) is 0 Å². The molecule has 6 heteroatoms. The monoisotopic (exact) mass is 324 g/mol. The van der Waals surface area contributed by atoms with Crippen LogP contribution in [0.3, 0.4) is 0 Å². The summed E-state index contributed by atoms with van der Waals surface area (Å²) in [5.41, 5.74) is 1.22. The highest BCUT2D eigenvalue weighted by Gasteiger charge is 2.15. The Hall–Kier alpha value is -1.40. The van der Waals surface area contributed by atoms with Crippen LogP contribution in [0.15, 0.2) is 29.3 Å². The summed E-state index contributed by atoms with van der Waals surface area (Å²) in [5.74, 6) is 2.78. The molecule has 5 nitrogen and oxygen atoms in total. The molecule has 124 valence electrons. The number of nitrogens with zero attached hydrogens (tertiary/aromatic N) is 2. The lowest BCUT2D eigenvalue weighted by atomic mass is 10.1. The first-order chi connectivity index (χ1) is 10.6. The lowest BCUT2D eigenvalue weighted by Crippen LogP contribution is -2.42. The minimum Gasteiger partial charge on any atom is -0.497 e. The number of likely N-dealkylation sites (N-methyl/N-ethyl adjacent to an activating group) is 1. The maximum Gasteiger partial charge on any atom is 0.191 e. The molecule has 0 spiro atoms. The molecule has 0 bridgehead atoms. The van der Waals surface area contributed by atoms with Gasteiger partial charge in [-0.05, 0) is 38.0 Å². The quantitative estimate of drug-likeness (QED) is 0.434. The number of guanidine groups is 1. The van der Waals surface area contributed by atoms with Crippen molar-refractivity contribution in [2.75, 3.05) is 53.4 Å². The number of benzene rings is 1. The van der Waals surface area contributed by atoms with Gasteiger partial charge in [-0.15, -0.1) is 0 Å². The third-order valence-electron chi connectivity index (χ3n) is 3.39. The Labute approximate surface area is 138 Å². The van der Waals surface area contributed by atoms with Gasteiger partial charge >= 0.3 is 0 Å². The lowest BCUT2D eigenvalue weighted by molar-refractivity contribution is 0.297. The molecule has 0 saturated carbocycles. The van der Waals surface area contributed by atoms with Crippen molar-refractivity contribution in [2.24, 2.45) is 4.99 Å². The second kappa shape index (κ2) is 10.3. The van der Waals surface area contributed by atoms with Crippen LogP contribution in [0.4, 0.5) is 0 Å². The first-order valence-electron chi connectivity index (χ1n) is 7.36.